The summed E-state index contributed by atoms with van der Waals surface area (Å²) in [5.74, 6) is 0. The van der Waals surface area contributed by atoms with Gasteiger partial charge in [0.25, 0.3) is 0 Å². The molecule has 0 radical (unpaired) electrons. The van der Waals surface area contributed by atoms with E-state index in [-0.39, 0.29) is 0 Å². The van der Waals surface area contributed by atoms with Gasteiger partial charge in [0, 0.05) is 18.3 Å². The Bertz CT molecular complexity index is 479. The first-order valence-electron chi connectivity index (χ1n) is 4.52. The molecule has 0 amide bonds. The van der Waals surface area contributed by atoms with Crippen LogP contribution in [0.4, 0.5) is 0 Å². The molecule has 4 heteroatoms. The van der Waals surface area contributed by atoms with E-state index in [0.717, 1.165) is 17.7 Å². The predicted octanol–water partition coefficient (Wildman–Crippen LogP) is 2.27. The van der Waals surface area contributed by atoms with Crippen molar-refractivity contribution in [2.24, 2.45) is 0 Å². The lowest BCUT2D eigenvalue weighted by Gasteiger charge is -2.07. The minimum Gasteiger partial charge on any atom is -0.303 e. The van der Waals surface area contributed by atoms with E-state index in [1.165, 1.54) is 0 Å². The summed E-state index contributed by atoms with van der Waals surface area (Å²) in [6, 6.07) is 7.45. The third-order valence-corrected chi connectivity index (χ3v) is 2.44. The van der Waals surface area contributed by atoms with Crippen molar-refractivity contribution in [3.8, 4) is 5.69 Å². The van der Waals surface area contributed by atoms with Gasteiger partial charge < -0.3 is 9.36 Å². The van der Waals surface area contributed by atoms with Gasteiger partial charge in [0.1, 0.15) is 6.29 Å². The summed E-state index contributed by atoms with van der Waals surface area (Å²) in [6.45, 7) is 0. The van der Waals surface area contributed by atoms with Crippen LogP contribution in [-0.2, 0) is 11.2 Å². The number of rotatable bonds is 3. The fourth-order valence-corrected chi connectivity index (χ4v) is 1.65. The Labute approximate surface area is 92.3 Å². The quantitative estimate of drug-likeness (QED) is 0.744. The highest BCUT2D eigenvalue weighted by Gasteiger charge is 2.06. The van der Waals surface area contributed by atoms with Crippen molar-refractivity contribution in [2.75, 3.05) is 0 Å². The van der Waals surface area contributed by atoms with Crippen LogP contribution in [0.3, 0.4) is 0 Å². The Morgan fingerprint density at radius 1 is 1.40 bits per heavy atom. The van der Waals surface area contributed by atoms with Gasteiger partial charge >= 0.3 is 0 Å². The maximum Gasteiger partial charge on any atom is 0.125 e. The van der Waals surface area contributed by atoms with Gasteiger partial charge in [-0.05, 0) is 12.1 Å². The van der Waals surface area contributed by atoms with Crippen molar-refractivity contribution < 1.29 is 4.79 Å². The molecule has 1 heterocycles. The van der Waals surface area contributed by atoms with Crippen LogP contribution in [0.2, 0.25) is 5.02 Å². The number of aldehydes is 1. The molecule has 0 atom stereocenters. The van der Waals surface area contributed by atoms with Crippen LogP contribution in [0.5, 0.6) is 0 Å². The van der Waals surface area contributed by atoms with Crippen LogP contribution in [0, 0.1) is 0 Å². The molecule has 3 nitrogen and oxygen atoms in total. The topological polar surface area (TPSA) is 34.9 Å². The van der Waals surface area contributed by atoms with E-state index < -0.39 is 0 Å². The largest absolute Gasteiger partial charge is 0.303 e. The van der Waals surface area contributed by atoms with Crippen LogP contribution in [-0.4, -0.2) is 15.8 Å². The lowest BCUT2D eigenvalue weighted by molar-refractivity contribution is -0.107. The van der Waals surface area contributed by atoms with Crippen molar-refractivity contribution >= 4 is 17.9 Å². The molecular formula is C11H9ClN2O. The van der Waals surface area contributed by atoms with E-state index in [0.29, 0.717) is 11.4 Å². The van der Waals surface area contributed by atoms with Crippen molar-refractivity contribution in [3.63, 3.8) is 0 Å². The lowest BCUT2D eigenvalue weighted by atomic mass is 10.3. The zero-order chi connectivity index (χ0) is 10.7. The van der Waals surface area contributed by atoms with Crippen molar-refractivity contribution in [1.82, 2.24) is 9.55 Å². The summed E-state index contributed by atoms with van der Waals surface area (Å²) in [4.78, 5) is 14.5. The second-order valence-electron chi connectivity index (χ2n) is 3.08. The first-order chi connectivity index (χ1) is 7.33. The third kappa shape index (κ3) is 1.92. The monoisotopic (exact) mass is 220 g/mol. The van der Waals surface area contributed by atoms with Gasteiger partial charge in [-0.2, -0.15) is 0 Å². The molecule has 2 rings (SSSR count). The molecule has 15 heavy (non-hydrogen) atoms. The minimum atomic E-state index is 0.339. The molecule has 0 N–H and O–H groups in total. The Hall–Kier alpha value is -1.61. The molecule has 0 aliphatic rings. The van der Waals surface area contributed by atoms with Gasteiger partial charge in [0.2, 0.25) is 0 Å². The van der Waals surface area contributed by atoms with Crippen LogP contribution >= 0.6 is 11.6 Å². The van der Waals surface area contributed by atoms with Crippen molar-refractivity contribution in [1.29, 1.82) is 0 Å². The second kappa shape index (κ2) is 4.28. The molecule has 0 aliphatic heterocycles. The fraction of sp³-hybridized carbons (Fsp3) is 0.0909. The molecule has 76 valence electrons. The van der Waals surface area contributed by atoms with Gasteiger partial charge in [-0.1, -0.05) is 23.7 Å². The van der Waals surface area contributed by atoms with Gasteiger partial charge in [-0.3, -0.25) is 0 Å². The first kappa shape index (κ1) is 9.93. The van der Waals surface area contributed by atoms with E-state index in [2.05, 4.69) is 4.98 Å². The standard InChI is InChI=1S/C11H9ClN2O/c12-10-3-1-2-4-11(10)14-8-13-7-9(14)5-6-15/h1-4,6-8H,5H2. The summed E-state index contributed by atoms with van der Waals surface area (Å²) in [6.07, 6.45) is 4.51. The molecule has 0 spiro atoms. The van der Waals surface area contributed by atoms with Crippen molar-refractivity contribution in [2.45, 2.75) is 6.42 Å². The van der Waals surface area contributed by atoms with Crippen LogP contribution in [0.15, 0.2) is 36.8 Å². The van der Waals surface area contributed by atoms with Gasteiger partial charge in [0.15, 0.2) is 0 Å². The fourth-order valence-electron chi connectivity index (χ4n) is 1.42. The number of benzene rings is 1. The summed E-state index contributed by atoms with van der Waals surface area (Å²) < 4.78 is 1.82. The number of imidazole rings is 1. The van der Waals surface area contributed by atoms with Crippen LogP contribution in [0.1, 0.15) is 5.69 Å². The molecule has 0 saturated heterocycles. The molecule has 0 saturated carbocycles. The number of para-hydroxylation sites is 1. The molecular weight excluding hydrogens is 212 g/mol. The van der Waals surface area contributed by atoms with Crippen LogP contribution < -0.4 is 0 Å². The highest BCUT2D eigenvalue weighted by atomic mass is 35.5. The zero-order valence-electron chi connectivity index (χ0n) is 7.93. The summed E-state index contributed by atoms with van der Waals surface area (Å²) in [7, 11) is 0. The Morgan fingerprint density at radius 2 is 2.20 bits per heavy atom. The molecule has 0 unspecified atom stereocenters. The van der Waals surface area contributed by atoms with Crippen LogP contribution in [0.25, 0.3) is 5.69 Å². The van der Waals surface area contributed by atoms with Gasteiger partial charge in [-0.15, -0.1) is 0 Å². The Balaban J connectivity index is 2.49. The second-order valence-corrected chi connectivity index (χ2v) is 3.48. The number of halogens is 1. The van der Waals surface area contributed by atoms with E-state index in [4.69, 9.17) is 11.6 Å². The summed E-state index contributed by atoms with van der Waals surface area (Å²) in [5.41, 5.74) is 1.67. The maximum atomic E-state index is 10.5. The zero-order valence-corrected chi connectivity index (χ0v) is 8.69. The highest BCUT2D eigenvalue weighted by molar-refractivity contribution is 6.32. The molecule has 0 bridgehead atoms. The summed E-state index contributed by atoms with van der Waals surface area (Å²) >= 11 is 6.05. The predicted molar refractivity (Wildman–Crippen MR) is 58.3 cm³/mol. The molecule has 0 aliphatic carbocycles. The van der Waals surface area contributed by atoms with Crippen molar-refractivity contribution in [3.05, 3.63) is 47.5 Å². The average Bonchev–Trinajstić information content (AvgIpc) is 2.67. The number of nitrogens with zero attached hydrogens (tertiary/aromatic N) is 2. The lowest BCUT2D eigenvalue weighted by Crippen LogP contribution is -1.99. The number of carbonyl (C=O) groups excluding carboxylic acids is 1. The normalized spacial score (nSPS) is 10.2. The molecule has 2 aromatic rings. The van der Waals surface area contributed by atoms with E-state index >= 15 is 0 Å². The Morgan fingerprint density at radius 3 is 2.93 bits per heavy atom. The number of hydrogen-bond donors (Lipinski definition) is 0. The van der Waals surface area contributed by atoms with Gasteiger partial charge in [-0.25, -0.2) is 4.98 Å². The van der Waals surface area contributed by atoms with E-state index in [1.807, 2.05) is 28.8 Å². The highest BCUT2D eigenvalue weighted by Crippen LogP contribution is 2.20. The number of hydrogen-bond acceptors (Lipinski definition) is 2. The SMILES string of the molecule is O=CCc1cncn1-c1ccccc1Cl. The smallest absolute Gasteiger partial charge is 0.125 e. The van der Waals surface area contributed by atoms with E-state index in [1.54, 1.807) is 12.5 Å². The van der Waals surface area contributed by atoms with Gasteiger partial charge in [0.05, 0.1) is 17.0 Å². The average molecular weight is 221 g/mol. The minimum absolute atomic E-state index is 0.339. The third-order valence-electron chi connectivity index (χ3n) is 2.12. The number of aromatic nitrogens is 2. The molecule has 1 aromatic carbocycles. The molecule has 0 fully saturated rings. The van der Waals surface area contributed by atoms with E-state index in [9.17, 15) is 4.79 Å². The summed E-state index contributed by atoms with van der Waals surface area (Å²) in [5, 5.41) is 0.641. The number of carbonyl (C=O) groups is 1. The Kier molecular flexibility index (Phi) is 2.83. The molecule has 1 aromatic heterocycles. The first-order valence-corrected chi connectivity index (χ1v) is 4.90. The maximum absolute atomic E-state index is 10.5.